The number of aromatic nitrogens is 2. The molecule has 3 aromatic rings. The summed E-state index contributed by atoms with van der Waals surface area (Å²) in [4.78, 5) is 14.8. The lowest BCUT2D eigenvalue weighted by Crippen LogP contribution is -2.38. The molecule has 2 atom stereocenters. The van der Waals surface area contributed by atoms with Crippen LogP contribution in [-0.4, -0.2) is 32.2 Å². The number of rotatable bonds is 6. The van der Waals surface area contributed by atoms with Crippen molar-refractivity contribution in [1.82, 2.24) is 15.1 Å². The minimum atomic E-state index is -2.88. The van der Waals surface area contributed by atoms with Gasteiger partial charge in [0.05, 0.1) is 12.1 Å². The molecule has 9 heteroatoms. The van der Waals surface area contributed by atoms with Gasteiger partial charge < -0.3 is 14.4 Å². The van der Waals surface area contributed by atoms with Gasteiger partial charge in [-0.1, -0.05) is 18.2 Å². The van der Waals surface area contributed by atoms with E-state index in [1.807, 2.05) is 0 Å². The highest BCUT2D eigenvalue weighted by Crippen LogP contribution is 2.43. The normalized spacial score (nSPS) is 17.8. The number of fused-ring (bicyclic) bond motifs is 1. The Labute approximate surface area is 175 Å². The maximum absolute atomic E-state index is 13.4. The van der Waals surface area contributed by atoms with E-state index in [0.29, 0.717) is 16.7 Å². The molecular weight excluding hydrogens is 411 g/mol. The van der Waals surface area contributed by atoms with E-state index in [0.717, 1.165) is 18.4 Å². The molecular formula is C22H18F3N3O3. The summed E-state index contributed by atoms with van der Waals surface area (Å²) in [6.07, 6.45) is -1.90. The summed E-state index contributed by atoms with van der Waals surface area (Å²) in [6, 6.07) is 10.0. The molecule has 1 amide bonds. The number of hydrogen-bond donors (Lipinski definition) is 1. The largest absolute Gasteiger partial charge is 0.415 e. The third kappa shape index (κ3) is 3.59. The van der Waals surface area contributed by atoms with E-state index in [1.54, 1.807) is 29.2 Å². The van der Waals surface area contributed by atoms with Gasteiger partial charge in [-0.25, -0.2) is 4.39 Å². The first kappa shape index (κ1) is 19.7. The summed E-state index contributed by atoms with van der Waals surface area (Å²) >= 11 is 0. The van der Waals surface area contributed by atoms with Crippen LogP contribution in [0.25, 0.3) is 11.5 Å². The van der Waals surface area contributed by atoms with Gasteiger partial charge in [-0.05, 0) is 54.2 Å². The van der Waals surface area contributed by atoms with Gasteiger partial charge >= 0.3 is 6.43 Å². The fraction of sp³-hybridized carbons (Fsp3) is 0.318. The molecule has 6 nitrogen and oxygen atoms in total. The highest BCUT2D eigenvalue weighted by molar-refractivity contribution is 5.99. The Hall–Kier alpha value is -3.20. The second kappa shape index (κ2) is 7.49. The quantitative estimate of drug-likeness (QED) is 0.633. The molecule has 5 rings (SSSR count). The van der Waals surface area contributed by atoms with Crippen molar-refractivity contribution < 1.29 is 27.5 Å². The number of amides is 1. The van der Waals surface area contributed by atoms with Crippen molar-refractivity contribution in [2.45, 2.75) is 38.0 Å². The van der Waals surface area contributed by atoms with Gasteiger partial charge in [0.15, 0.2) is 0 Å². The molecule has 2 aliphatic rings. The zero-order valence-electron chi connectivity index (χ0n) is 16.2. The van der Waals surface area contributed by atoms with Crippen LogP contribution in [0, 0.1) is 11.7 Å². The summed E-state index contributed by atoms with van der Waals surface area (Å²) < 4.78 is 43.9. The average Bonchev–Trinajstić information content (AvgIpc) is 3.40. The second-order valence-corrected chi connectivity index (χ2v) is 7.88. The third-order valence-corrected chi connectivity index (χ3v) is 5.79. The van der Waals surface area contributed by atoms with Crippen molar-refractivity contribution in [1.29, 1.82) is 0 Å². The molecule has 1 aromatic heterocycles. The molecule has 2 heterocycles. The monoisotopic (exact) mass is 429 g/mol. The Morgan fingerprint density at radius 2 is 1.84 bits per heavy atom. The Kier molecular flexibility index (Phi) is 4.77. The lowest BCUT2D eigenvalue weighted by molar-refractivity contribution is 0.0282. The second-order valence-electron chi connectivity index (χ2n) is 7.88. The number of carbonyl (C=O) groups is 1. The van der Waals surface area contributed by atoms with E-state index in [9.17, 15) is 23.1 Å². The number of benzene rings is 2. The zero-order valence-corrected chi connectivity index (χ0v) is 16.2. The topological polar surface area (TPSA) is 79.5 Å². The first-order valence-corrected chi connectivity index (χ1v) is 9.91. The van der Waals surface area contributed by atoms with Gasteiger partial charge in [0.25, 0.3) is 11.8 Å². The average molecular weight is 429 g/mol. The van der Waals surface area contributed by atoms with Gasteiger partial charge in [-0.15, -0.1) is 10.2 Å². The van der Waals surface area contributed by atoms with Crippen LogP contribution >= 0.6 is 0 Å². The van der Waals surface area contributed by atoms with E-state index in [1.165, 1.54) is 18.2 Å². The lowest BCUT2D eigenvalue weighted by Gasteiger charge is -2.32. The number of hydrogen-bond acceptors (Lipinski definition) is 5. The number of aliphatic hydroxyl groups is 1. The Morgan fingerprint density at radius 1 is 1.10 bits per heavy atom. The van der Waals surface area contributed by atoms with Gasteiger partial charge in [0.1, 0.15) is 5.82 Å². The first-order valence-electron chi connectivity index (χ1n) is 9.91. The Balaban J connectivity index is 1.47. The molecule has 2 aromatic carbocycles. The number of carbonyl (C=O) groups excluding carboxylic acids is 1. The molecule has 160 valence electrons. The van der Waals surface area contributed by atoms with Crippen LogP contribution in [0.3, 0.4) is 0 Å². The summed E-state index contributed by atoms with van der Waals surface area (Å²) in [5.74, 6) is -1.50. The van der Waals surface area contributed by atoms with Gasteiger partial charge in [-0.3, -0.25) is 4.79 Å². The van der Waals surface area contributed by atoms with Crippen LogP contribution in [0.15, 0.2) is 46.9 Å². The minimum absolute atomic E-state index is 0.0910. The number of aliphatic hydroxyl groups excluding tert-OH is 1. The molecule has 1 N–H and O–H groups in total. The predicted molar refractivity (Wildman–Crippen MR) is 102 cm³/mol. The zero-order chi connectivity index (χ0) is 21.7. The van der Waals surface area contributed by atoms with Crippen molar-refractivity contribution in [3.8, 4) is 11.5 Å². The van der Waals surface area contributed by atoms with E-state index in [4.69, 9.17) is 4.42 Å². The van der Waals surface area contributed by atoms with E-state index < -0.39 is 30.3 Å². The molecule has 0 radical (unpaired) electrons. The molecule has 1 saturated carbocycles. The predicted octanol–water partition coefficient (Wildman–Crippen LogP) is 4.28. The Morgan fingerprint density at radius 3 is 2.48 bits per heavy atom. The van der Waals surface area contributed by atoms with Crippen LogP contribution in [-0.2, 0) is 6.54 Å². The third-order valence-electron chi connectivity index (χ3n) is 5.79. The highest BCUT2D eigenvalue weighted by Gasteiger charge is 2.43. The smallest absolute Gasteiger partial charge is 0.314 e. The number of alkyl halides is 2. The van der Waals surface area contributed by atoms with Crippen molar-refractivity contribution in [3.63, 3.8) is 0 Å². The maximum Gasteiger partial charge on any atom is 0.314 e. The van der Waals surface area contributed by atoms with Crippen LogP contribution in [0.4, 0.5) is 13.2 Å². The summed E-state index contributed by atoms with van der Waals surface area (Å²) in [5.41, 5.74) is 2.12. The van der Waals surface area contributed by atoms with Gasteiger partial charge in [-0.2, -0.15) is 8.78 Å². The van der Waals surface area contributed by atoms with Crippen molar-refractivity contribution in [3.05, 3.63) is 70.9 Å². The maximum atomic E-state index is 13.4. The fourth-order valence-electron chi connectivity index (χ4n) is 4.04. The van der Waals surface area contributed by atoms with Crippen LogP contribution in [0.2, 0.25) is 0 Å². The molecule has 0 spiro atoms. The Bertz CT molecular complexity index is 1130. The summed E-state index contributed by atoms with van der Waals surface area (Å²) in [5, 5.41) is 17.9. The molecule has 1 aliphatic carbocycles. The van der Waals surface area contributed by atoms with Gasteiger partial charge in [0.2, 0.25) is 5.89 Å². The van der Waals surface area contributed by atoms with E-state index in [2.05, 4.69) is 10.2 Å². The summed E-state index contributed by atoms with van der Waals surface area (Å²) in [6.45, 7) is 0.270. The summed E-state index contributed by atoms with van der Waals surface area (Å²) in [7, 11) is 0. The number of halogens is 3. The molecule has 0 unspecified atom stereocenters. The first-order chi connectivity index (χ1) is 14.9. The van der Waals surface area contributed by atoms with Crippen LogP contribution < -0.4 is 0 Å². The van der Waals surface area contributed by atoms with Crippen molar-refractivity contribution in [2.75, 3.05) is 0 Å². The van der Waals surface area contributed by atoms with E-state index >= 15 is 0 Å². The standard InChI is InChI=1S/C22H18F3N3O3/c23-15-7-5-11(6-8-15)17(18(29)12-1-2-12)28-10-14-4-3-13(9-16(14)22(28)30)20-26-27-21(31-20)19(24)25/h3-9,12,17-19,29H,1-2,10H2/t17-,18-/m1/s1. The molecule has 1 aliphatic heterocycles. The lowest BCUT2D eigenvalue weighted by atomic mass is 9.96. The molecule has 1 fully saturated rings. The van der Waals surface area contributed by atoms with Crippen LogP contribution in [0.5, 0.6) is 0 Å². The van der Waals surface area contributed by atoms with Crippen molar-refractivity contribution in [2.24, 2.45) is 5.92 Å². The SMILES string of the molecule is O=C1c2cc(-c3nnc(C(F)F)o3)ccc2CN1[C@H](c1ccc(F)cc1)[C@H](O)C1CC1. The van der Waals surface area contributed by atoms with Crippen molar-refractivity contribution >= 4 is 5.91 Å². The fourth-order valence-corrected chi connectivity index (χ4v) is 4.04. The molecule has 0 saturated heterocycles. The van der Waals surface area contributed by atoms with Crippen LogP contribution in [0.1, 0.15) is 52.7 Å². The van der Waals surface area contributed by atoms with Gasteiger partial charge in [0, 0.05) is 17.7 Å². The van der Waals surface area contributed by atoms with E-state index in [-0.39, 0.29) is 24.3 Å². The highest BCUT2D eigenvalue weighted by atomic mass is 19.3. The minimum Gasteiger partial charge on any atom is -0.415 e. The molecule has 31 heavy (non-hydrogen) atoms. The molecule has 0 bridgehead atoms. The number of nitrogens with zero attached hydrogens (tertiary/aromatic N) is 3.